The molecular formula is C13H19NO3S. The van der Waals surface area contributed by atoms with Gasteiger partial charge in [0.2, 0.25) is 10.0 Å². The Morgan fingerprint density at radius 1 is 1.33 bits per heavy atom. The molecule has 1 aromatic carbocycles. The van der Waals surface area contributed by atoms with Gasteiger partial charge >= 0.3 is 0 Å². The van der Waals surface area contributed by atoms with Crippen molar-refractivity contribution in [1.29, 1.82) is 0 Å². The third-order valence-electron chi connectivity index (χ3n) is 2.38. The maximum absolute atomic E-state index is 11.6. The molecule has 1 atom stereocenters. The minimum absolute atomic E-state index is 0.0509. The molecule has 0 fully saturated rings. The Bertz CT molecular complexity index is 468. The summed E-state index contributed by atoms with van der Waals surface area (Å²) < 4.78 is 25.6. The predicted octanol–water partition coefficient (Wildman–Crippen LogP) is 1.74. The van der Waals surface area contributed by atoms with Crippen molar-refractivity contribution in [2.45, 2.75) is 25.9 Å². The smallest absolute Gasteiger partial charge is 0.233 e. The Labute approximate surface area is 108 Å². The van der Waals surface area contributed by atoms with E-state index in [1.807, 2.05) is 37.3 Å². The third-order valence-corrected chi connectivity index (χ3v) is 3.44. The van der Waals surface area contributed by atoms with E-state index in [1.54, 1.807) is 0 Å². The van der Waals surface area contributed by atoms with E-state index in [9.17, 15) is 13.5 Å². The zero-order valence-corrected chi connectivity index (χ0v) is 11.2. The van der Waals surface area contributed by atoms with Crippen LogP contribution in [0.5, 0.6) is 0 Å². The molecule has 0 saturated heterocycles. The van der Waals surface area contributed by atoms with Gasteiger partial charge in [0.25, 0.3) is 0 Å². The van der Waals surface area contributed by atoms with Gasteiger partial charge in [0, 0.05) is 12.0 Å². The maximum Gasteiger partial charge on any atom is 0.233 e. The van der Waals surface area contributed by atoms with Crippen molar-refractivity contribution in [2.75, 3.05) is 6.54 Å². The fraction of sp³-hybridized carbons (Fsp3) is 0.385. The molecule has 100 valence electrons. The van der Waals surface area contributed by atoms with Crippen molar-refractivity contribution in [3.63, 3.8) is 0 Å². The molecule has 0 bridgehead atoms. The molecular weight excluding hydrogens is 250 g/mol. The molecule has 1 unspecified atom stereocenters. The van der Waals surface area contributed by atoms with Gasteiger partial charge in [0.1, 0.15) is 0 Å². The number of benzene rings is 1. The van der Waals surface area contributed by atoms with Crippen LogP contribution in [0.1, 0.15) is 25.3 Å². The molecule has 0 heterocycles. The zero-order chi connectivity index (χ0) is 13.4. The van der Waals surface area contributed by atoms with E-state index in [0.717, 1.165) is 17.4 Å². The van der Waals surface area contributed by atoms with E-state index >= 15 is 0 Å². The quantitative estimate of drug-likeness (QED) is 0.792. The molecule has 0 aliphatic heterocycles. The van der Waals surface area contributed by atoms with E-state index in [-0.39, 0.29) is 6.54 Å². The average molecular weight is 269 g/mol. The number of hydrogen-bond acceptors (Lipinski definition) is 3. The van der Waals surface area contributed by atoms with Crippen molar-refractivity contribution in [3.05, 3.63) is 41.3 Å². The fourth-order valence-electron chi connectivity index (χ4n) is 1.43. The maximum atomic E-state index is 11.6. The average Bonchev–Trinajstić information content (AvgIpc) is 2.36. The summed E-state index contributed by atoms with van der Waals surface area (Å²) in [6.45, 7) is 1.99. The SMILES string of the molecule is CCCC(O)CNS(=O)(=O)/C=C/c1ccccc1. The Kier molecular flexibility index (Phi) is 6.04. The van der Waals surface area contributed by atoms with Crippen LogP contribution in [-0.4, -0.2) is 26.2 Å². The highest BCUT2D eigenvalue weighted by Gasteiger charge is 2.08. The van der Waals surface area contributed by atoms with Crippen LogP contribution in [0.4, 0.5) is 0 Å². The number of aliphatic hydroxyl groups is 1. The van der Waals surface area contributed by atoms with Gasteiger partial charge in [-0.15, -0.1) is 0 Å². The molecule has 0 aliphatic rings. The van der Waals surface area contributed by atoms with Crippen LogP contribution in [-0.2, 0) is 10.0 Å². The van der Waals surface area contributed by atoms with Crippen LogP contribution in [0.3, 0.4) is 0 Å². The van der Waals surface area contributed by atoms with E-state index in [0.29, 0.717) is 6.42 Å². The molecule has 1 aromatic rings. The van der Waals surface area contributed by atoms with Crippen molar-refractivity contribution >= 4 is 16.1 Å². The highest BCUT2D eigenvalue weighted by molar-refractivity contribution is 7.92. The molecule has 5 heteroatoms. The number of sulfonamides is 1. The summed E-state index contributed by atoms with van der Waals surface area (Å²) in [7, 11) is -3.48. The first-order valence-electron chi connectivity index (χ1n) is 5.94. The lowest BCUT2D eigenvalue weighted by molar-refractivity contribution is 0.167. The zero-order valence-electron chi connectivity index (χ0n) is 10.4. The molecule has 0 amide bonds. The lowest BCUT2D eigenvalue weighted by atomic mass is 10.2. The van der Waals surface area contributed by atoms with E-state index in [4.69, 9.17) is 0 Å². The number of rotatable bonds is 7. The van der Waals surface area contributed by atoms with E-state index in [2.05, 4.69) is 4.72 Å². The van der Waals surface area contributed by atoms with Crippen LogP contribution in [0.2, 0.25) is 0 Å². The Morgan fingerprint density at radius 3 is 2.61 bits per heavy atom. The molecule has 0 aliphatic carbocycles. The van der Waals surface area contributed by atoms with Gasteiger partial charge < -0.3 is 5.11 Å². The van der Waals surface area contributed by atoms with Gasteiger partial charge in [-0.3, -0.25) is 0 Å². The lowest BCUT2D eigenvalue weighted by Gasteiger charge is -2.09. The Hall–Kier alpha value is -1.17. The van der Waals surface area contributed by atoms with Crippen molar-refractivity contribution in [2.24, 2.45) is 0 Å². The van der Waals surface area contributed by atoms with Crippen LogP contribution in [0.25, 0.3) is 6.08 Å². The summed E-state index contributed by atoms with van der Waals surface area (Å²) in [5.41, 5.74) is 0.817. The monoisotopic (exact) mass is 269 g/mol. The van der Waals surface area contributed by atoms with E-state index in [1.165, 1.54) is 6.08 Å². The van der Waals surface area contributed by atoms with Gasteiger partial charge in [-0.25, -0.2) is 13.1 Å². The summed E-state index contributed by atoms with van der Waals surface area (Å²) >= 11 is 0. The number of aliphatic hydroxyl groups excluding tert-OH is 1. The fourth-order valence-corrected chi connectivity index (χ4v) is 2.29. The van der Waals surface area contributed by atoms with Gasteiger partial charge in [-0.05, 0) is 18.1 Å². The summed E-state index contributed by atoms with van der Waals surface area (Å²) in [5, 5.41) is 10.6. The van der Waals surface area contributed by atoms with Crippen LogP contribution < -0.4 is 4.72 Å². The van der Waals surface area contributed by atoms with Crippen LogP contribution >= 0.6 is 0 Å². The first-order chi connectivity index (χ1) is 8.53. The van der Waals surface area contributed by atoms with Crippen molar-refractivity contribution in [3.8, 4) is 0 Å². The molecule has 1 rings (SSSR count). The first kappa shape index (κ1) is 14.9. The van der Waals surface area contributed by atoms with Crippen LogP contribution in [0.15, 0.2) is 35.7 Å². The van der Waals surface area contributed by atoms with Crippen molar-refractivity contribution < 1.29 is 13.5 Å². The van der Waals surface area contributed by atoms with Gasteiger partial charge in [0.05, 0.1) is 6.10 Å². The van der Waals surface area contributed by atoms with Crippen LogP contribution in [0, 0.1) is 0 Å². The highest BCUT2D eigenvalue weighted by Crippen LogP contribution is 2.03. The summed E-state index contributed by atoms with van der Waals surface area (Å²) in [6, 6.07) is 9.18. The predicted molar refractivity (Wildman–Crippen MR) is 73.3 cm³/mol. The molecule has 0 spiro atoms. The lowest BCUT2D eigenvalue weighted by Crippen LogP contribution is -2.30. The molecule has 0 radical (unpaired) electrons. The second-order valence-corrected chi connectivity index (χ2v) is 5.70. The van der Waals surface area contributed by atoms with Crippen molar-refractivity contribution in [1.82, 2.24) is 4.72 Å². The standard InChI is InChI=1S/C13H19NO3S/c1-2-6-13(15)11-14-18(16,17)10-9-12-7-4-3-5-8-12/h3-5,7-10,13-15H,2,6,11H2,1H3/b10-9+. The third kappa shape index (κ3) is 5.95. The molecule has 0 aromatic heterocycles. The van der Waals surface area contributed by atoms with E-state index < -0.39 is 16.1 Å². The molecule has 2 N–H and O–H groups in total. The summed E-state index contributed by atoms with van der Waals surface area (Å²) in [4.78, 5) is 0. The van der Waals surface area contributed by atoms with Gasteiger partial charge in [-0.1, -0.05) is 43.7 Å². The second kappa shape index (κ2) is 7.31. The Morgan fingerprint density at radius 2 is 2.00 bits per heavy atom. The molecule has 0 saturated carbocycles. The molecule has 18 heavy (non-hydrogen) atoms. The second-order valence-electron chi connectivity index (χ2n) is 4.05. The van der Waals surface area contributed by atoms with Gasteiger partial charge in [0.15, 0.2) is 0 Å². The summed E-state index contributed by atoms with van der Waals surface area (Å²) in [5.74, 6) is 0. The topological polar surface area (TPSA) is 66.4 Å². The minimum atomic E-state index is -3.48. The molecule has 4 nitrogen and oxygen atoms in total. The Balaban J connectivity index is 2.52. The normalized spacial score (nSPS) is 13.9. The summed E-state index contributed by atoms with van der Waals surface area (Å²) in [6.07, 6.45) is 2.30. The number of hydrogen-bond donors (Lipinski definition) is 2. The minimum Gasteiger partial charge on any atom is -0.392 e. The largest absolute Gasteiger partial charge is 0.392 e. The van der Waals surface area contributed by atoms with Gasteiger partial charge in [-0.2, -0.15) is 0 Å². The first-order valence-corrected chi connectivity index (χ1v) is 7.49. The highest BCUT2D eigenvalue weighted by atomic mass is 32.2. The number of nitrogens with one attached hydrogen (secondary N) is 1.